The van der Waals surface area contributed by atoms with Crippen molar-refractivity contribution in [1.82, 2.24) is 10.3 Å². The molecule has 1 N–H and O–H groups in total. The molecule has 1 aliphatic rings. The van der Waals surface area contributed by atoms with Gasteiger partial charge in [0.1, 0.15) is 0 Å². The van der Waals surface area contributed by atoms with Gasteiger partial charge in [-0.05, 0) is 25.5 Å². The summed E-state index contributed by atoms with van der Waals surface area (Å²) in [6.07, 6.45) is 3.57. The molecule has 0 saturated carbocycles. The number of nitrogens with one attached hydrogen (secondary N) is 1. The summed E-state index contributed by atoms with van der Waals surface area (Å²) >= 11 is 0. The van der Waals surface area contributed by atoms with Crippen LogP contribution in [0.15, 0.2) is 18.3 Å². The molecule has 18 heavy (non-hydrogen) atoms. The molecule has 1 aliphatic heterocycles. The minimum Gasteiger partial charge on any atom is -0.481 e. The molecule has 0 bridgehead atoms. The van der Waals surface area contributed by atoms with E-state index >= 15 is 0 Å². The first-order valence-corrected chi connectivity index (χ1v) is 6.31. The molecular weight excluding hydrogens is 230 g/mol. The molecule has 1 aromatic rings. The largest absolute Gasteiger partial charge is 0.481 e. The van der Waals surface area contributed by atoms with Crippen molar-refractivity contribution < 1.29 is 9.53 Å². The highest BCUT2D eigenvalue weighted by Crippen LogP contribution is 2.22. The summed E-state index contributed by atoms with van der Waals surface area (Å²) in [6.45, 7) is 3.72. The maximum atomic E-state index is 12.2. The van der Waals surface area contributed by atoms with Gasteiger partial charge in [0, 0.05) is 12.6 Å². The molecule has 1 fully saturated rings. The fourth-order valence-electron chi connectivity index (χ4n) is 2.10. The lowest BCUT2D eigenvalue weighted by Crippen LogP contribution is -2.38. The minimum atomic E-state index is -0.0490. The number of anilines is 1. The zero-order valence-corrected chi connectivity index (χ0v) is 10.8. The third kappa shape index (κ3) is 2.61. The van der Waals surface area contributed by atoms with Crippen molar-refractivity contribution in [3.63, 3.8) is 0 Å². The van der Waals surface area contributed by atoms with Gasteiger partial charge in [0.05, 0.1) is 25.0 Å². The van der Waals surface area contributed by atoms with Crippen LogP contribution < -0.4 is 15.0 Å². The summed E-state index contributed by atoms with van der Waals surface area (Å²) in [5, 5.41) is 3.27. The number of rotatable bonds is 5. The second-order valence-electron chi connectivity index (χ2n) is 4.34. The monoisotopic (exact) mass is 249 g/mol. The molecule has 1 saturated heterocycles. The Labute approximate surface area is 107 Å². The zero-order chi connectivity index (χ0) is 13.0. The van der Waals surface area contributed by atoms with Crippen molar-refractivity contribution in [3.8, 4) is 5.88 Å². The Kier molecular flexibility index (Phi) is 4.15. The molecule has 1 atom stereocenters. The fraction of sp³-hybridized carbons (Fsp3) is 0.538. The third-order valence-electron chi connectivity index (χ3n) is 3.09. The lowest BCUT2D eigenvalue weighted by Gasteiger charge is -2.17. The number of hydrogen-bond acceptors (Lipinski definition) is 4. The SMILES string of the molecule is CCCNC1CCN(c2ccc(OC)nc2)C1=O. The lowest BCUT2D eigenvalue weighted by atomic mass is 10.2. The van der Waals surface area contributed by atoms with Gasteiger partial charge in [-0.15, -0.1) is 0 Å². The van der Waals surface area contributed by atoms with Crippen LogP contribution in [0.25, 0.3) is 0 Å². The van der Waals surface area contributed by atoms with Crippen LogP contribution in [-0.4, -0.2) is 37.1 Å². The van der Waals surface area contributed by atoms with Gasteiger partial charge in [-0.25, -0.2) is 4.98 Å². The first-order valence-electron chi connectivity index (χ1n) is 6.31. The number of ether oxygens (including phenoxy) is 1. The van der Waals surface area contributed by atoms with Crippen molar-refractivity contribution in [2.24, 2.45) is 0 Å². The number of nitrogens with zero attached hydrogens (tertiary/aromatic N) is 2. The topological polar surface area (TPSA) is 54.5 Å². The second-order valence-corrected chi connectivity index (χ2v) is 4.34. The number of carbonyl (C=O) groups excluding carboxylic acids is 1. The van der Waals surface area contributed by atoms with Gasteiger partial charge in [0.25, 0.3) is 0 Å². The number of methoxy groups -OCH3 is 1. The zero-order valence-electron chi connectivity index (χ0n) is 10.8. The number of carbonyl (C=O) groups is 1. The van der Waals surface area contributed by atoms with Crippen molar-refractivity contribution in [2.75, 3.05) is 25.1 Å². The van der Waals surface area contributed by atoms with Gasteiger partial charge < -0.3 is 15.0 Å². The van der Waals surface area contributed by atoms with Gasteiger partial charge in [-0.2, -0.15) is 0 Å². The number of pyridine rings is 1. The van der Waals surface area contributed by atoms with E-state index in [1.54, 1.807) is 24.3 Å². The van der Waals surface area contributed by atoms with Crippen LogP contribution in [0.2, 0.25) is 0 Å². The summed E-state index contributed by atoms with van der Waals surface area (Å²) in [6, 6.07) is 3.59. The molecule has 1 amide bonds. The Morgan fingerprint density at radius 3 is 3.00 bits per heavy atom. The van der Waals surface area contributed by atoms with Gasteiger partial charge in [0.2, 0.25) is 11.8 Å². The summed E-state index contributed by atoms with van der Waals surface area (Å²) in [5.41, 5.74) is 0.835. The van der Waals surface area contributed by atoms with E-state index in [4.69, 9.17) is 4.74 Å². The Bertz CT molecular complexity index is 405. The Morgan fingerprint density at radius 1 is 1.56 bits per heavy atom. The first kappa shape index (κ1) is 12.8. The Balaban J connectivity index is 2.03. The van der Waals surface area contributed by atoms with Gasteiger partial charge >= 0.3 is 0 Å². The average molecular weight is 249 g/mol. The van der Waals surface area contributed by atoms with E-state index in [9.17, 15) is 4.79 Å². The molecule has 1 aromatic heterocycles. The standard InChI is InChI=1S/C13H19N3O2/c1-3-7-14-11-6-8-16(13(11)17)10-4-5-12(18-2)15-9-10/h4-5,9,11,14H,3,6-8H2,1-2H3. The van der Waals surface area contributed by atoms with E-state index in [1.165, 1.54) is 0 Å². The van der Waals surface area contributed by atoms with Crippen LogP contribution in [0.3, 0.4) is 0 Å². The first-order chi connectivity index (χ1) is 8.76. The number of hydrogen-bond donors (Lipinski definition) is 1. The molecule has 0 radical (unpaired) electrons. The van der Waals surface area contributed by atoms with E-state index in [2.05, 4.69) is 17.2 Å². The molecule has 0 aliphatic carbocycles. The number of aromatic nitrogens is 1. The summed E-state index contributed by atoms with van der Waals surface area (Å²) in [7, 11) is 1.58. The van der Waals surface area contributed by atoms with E-state index < -0.39 is 0 Å². The third-order valence-corrected chi connectivity index (χ3v) is 3.09. The van der Waals surface area contributed by atoms with E-state index in [0.717, 1.165) is 31.6 Å². The maximum absolute atomic E-state index is 12.2. The summed E-state index contributed by atoms with van der Waals surface area (Å²) in [4.78, 5) is 18.1. The van der Waals surface area contributed by atoms with Crippen molar-refractivity contribution in [1.29, 1.82) is 0 Å². The predicted molar refractivity (Wildman–Crippen MR) is 69.8 cm³/mol. The highest BCUT2D eigenvalue weighted by atomic mass is 16.5. The molecule has 5 heteroatoms. The maximum Gasteiger partial charge on any atom is 0.244 e. The molecule has 0 aromatic carbocycles. The Hall–Kier alpha value is -1.62. The quantitative estimate of drug-likeness (QED) is 0.852. The van der Waals surface area contributed by atoms with Gasteiger partial charge in [-0.1, -0.05) is 6.92 Å². The van der Waals surface area contributed by atoms with Crippen LogP contribution in [0, 0.1) is 0 Å². The van der Waals surface area contributed by atoms with E-state index in [-0.39, 0.29) is 11.9 Å². The minimum absolute atomic E-state index is 0.0490. The molecule has 5 nitrogen and oxygen atoms in total. The van der Waals surface area contributed by atoms with Gasteiger partial charge in [0.15, 0.2) is 0 Å². The summed E-state index contributed by atoms with van der Waals surface area (Å²) in [5.74, 6) is 0.696. The lowest BCUT2D eigenvalue weighted by molar-refractivity contribution is -0.118. The Morgan fingerprint density at radius 2 is 2.39 bits per heavy atom. The van der Waals surface area contributed by atoms with E-state index in [1.807, 2.05) is 6.07 Å². The van der Waals surface area contributed by atoms with Crippen molar-refractivity contribution in [3.05, 3.63) is 18.3 Å². The highest BCUT2D eigenvalue weighted by molar-refractivity contribution is 5.99. The van der Waals surface area contributed by atoms with Crippen LogP contribution in [-0.2, 0) is 4.79 Å². The molecule has 98 valence electrons. The fourth-order valence-corrected chi connectivity index (χ4v) is 2.10. The normalized spacial score (nSPS) is 19.3. The molecule has 2 rings (SSSR count). The number of amides is 1. The van der Waals surface area contributed by atoms with Crippen molar-refractivity contribution >= 4 is 11.6 Å². The van der Waals surface area contributed by atoms with Crippen LogP contribution in [0.1, 0.15) is 19.8 Å². The summed E-state index contributed by atoms with van der Waals surface area (Å²) < 4.78 is 5.01. The van der Waals surface area contributed by atoms with Crippen LogP contribution in [0.4, 0.5) is 5.69 Å². The van der Waals surface area contributed by atoms with E-state index in [0.29, 0.717) is 5.88 Å². The second kappa shape index (κ2) is 5.82. The molecule has 2 heterocycles. The average Bonchev–Trinajstić information content (AvgIpc) is 2.78. The molecule has 1 unspecified atom stereocenters. The van der Waals surface area contributed by atoms with Crippen LogP contribution in [0.5, 0.6) is 5.88 Å². The molecule has 0 spiro atoms. The predicted octanol–water partition coefficient (Wildman–Crippen LogP) is 1.20. The molecular formula is C13H19N3O2. The van der Waals surface area contributed by atoms with Crippen molar-refractivity contribution in [2.45, 2.75) is 25.8 Å². The smallest absolute Gasteiger partial charge is 0.244 e. The van der Waals surface area contributed by atoms with Crippen LogP contribution >= 0.6 is 0 Å². The highest BCUT2D eigenvalue weighted by Gasteiger charge is 2.31. The van der Waals surface area contributed by atoms with Gasteiger partial charge in [-0.3, -0.25) is 4.79 Å².